The van der Waals surface area contributed by atoms with Gasteiger partial charge in [0.2, 0.25) is 10.0 Å². The maximum Gasteiger partial charge on any atom is 0.333 e. The molecule has 0 saturated heterocycles. The Kier molecular flexibility index (Phi) is 5.23. The van der Waals surface area contributed by atoms with Crippen LogP contribution in [0.2, 0.25) is 5.02 Å². The third kappa shape index (κ3) is 3.31. The van der Waals surface area contributed by atoms with E-state index in [1.54, 1.807) is 38.1 Å². The number of hydrogen-bond acceptors (Lipinski definition) is 4. The number of para-hydroxylation sites is 1. The number of aromatic nitrogens is 2. The summed E-state index contributed by atoms with van der Waals surface area (Å²) in [6, 6.07) is 10.6. The summed E-state index contributed by atoms with van der Waals surface area (Å²) in [4.78, 5) is 27.9. The lowest BCUT2D eigenvalue weighted by molar-refractivity contribution is 0.445. The van der Waals surface area contributed by atoms with Gasteiger partial charge in [-0.3, -0.25) is 4.79 Å². The summed E-state index contributed by atoms with van der Waals surface area (Å²) < 4.78 is 27.7. The summed E-state index contributed by atoms with van der Waals surface area (Å²) in [7, 11) is -3.77. The van der Waals surface area contributed by atoms with Crippen LogP contribution >= 0.6 is 11.6 Å². The van der Waals surface area contributed by atoms with E-state index in [2.05, 4.69) is 4.98 Å². The summed E-state index contributed by atoms with van der Waals surface area (Å²) in [5, 5.41) is 0.390. The SMILES string of the molecule is CCN(CC)S(=O)(=O)c1ccc(Cl)c(-n2c(=O)[nH]c3ccccc3c2=O)c1. The molecular weight excluding hydrogens is 390 g/mol. The molecule has 3 rings (SSSR count). The number of aromatic amines is 1. The third-order valence-electron chi connectivity index (χ3n) is 4.31. The Labute approximate surface area is 160 Å². The van der Waals surface area contributed by atoms with E-state index in [1.165, 1.54) is 22.5 Å². The van der Waals surface area contributed by atoms with Crippen molar-refractivity contribution < 1.29 is 8.42 Å². The fourth-order valence-corrected chi connectivity index (χ4v) is 4.60. The molecule has 7 nitrogen and oxygen atoms in total. The van der Waals surface area contributed by atoms with Crippen molar-refractivity contribution in [2.75, 3.05) is 13.1 Å². The zero-order valence-electron chi connectivity index (χ0n) is 14.8. The highest BCUT2D eigenvalue weighted by Crippen LogP contribution is 2.24. The van der Waals surface area contributed by atoms with E-state index in [-0.39, 0.29) is 15.6 Å². The Morgan fingerprint density at radius 1 is 1.07 bits per heavy atom. The Morgan fingerprint density at radius 2 is 1.74 bits per heavy atom. The van der Waals surface area contributed by atoms with E-state index in [9.17, 15) is 18.0 Å². The molecular formula is C18H18ClN3O4S. The fourth-order valence-electron chi connectivity index (χ4n) is 2.92. The second kappa shape index (κ2) is 7.30. The van der Waals surface area contributed by atoms with E-state index >= 15 is 0 Å². The van der Waals surface area contributed by atoms with Gasteiger partial charge in [0, 0.05) is 13.1 Å². The van der Waals surface area contributed by atoms with E-state index in [4.69, 9.17) is 11.6 Å². The van der Waals surface area contributed by atoms with Gasteiger partial charge in [0.15, 0.2) is 0 Å². The molecule has 0 unspecified atom stereocenters. The molecule has 1 N–H and O–H groups in total. The van der Waals surface area contributed by atoms with Crippen molar-refractivity contribution in [1.82, 2.24) is 13.9 Å². The largest absolute Gasteiger partial charge is 0.333 e. The highest BCUT2D eigenvalue weighted by atomic mass is 35.5. The third-order valence-corrected chi connectivity index (χ3v) is 6.67. The van der Waals surface area contributed by atoms with Gasteiger partial charge in [0.25, 0.3) is 5.56 Å². The Balaban J connectivity index is 2.30. The lowest BCUT2D eigenvalue weighted by Gasteiger charge is -2.19. The molecule has 27 heavy (non-hydrogen) atoms. The first-order valence-electron chi connectivity index (χ1n) is 8.35. The van der Waals surface area contributed by atoms with Crippen LogP contribution < -0.4 is 11.2 Å². The molecule has 142 valence electrons. The Hall–Kier alpha value is -2.42. The summed E-state index contributed by atoms with van der Waals surface area (Å²) in [6.45, 7) is 4.06. The maximum atomic E-state index is 12.8. The van der Waals surface area contributed by atoms with E-state index in [0.29, 0.717) is 24.0 Å². The lowest BCUT2D eigenvalue weighted by Crippen LogP contribution is -2.34. The van der Waals surface area contributed by atoms with Crippen molar-refractivity contribution in [3.8, 4) is 5.69 Å². The Morgan fingerprint density at radius 3 is 2.41 bits per heavy atom. The lowest BCUT2D eigenvalue weighted by atomic mass is 10.2. The zero-order chi connectivity index (χ0) is 19.8. The second-order valence-electron chi connectivity index (χ2n) is 5.82. The highest BCUT2D eigenvalue weighted by molar-refractivity contribution is 7.89. The van der Waals surface area contributed by atoms with E-state index in [0.717, 1.165) is 4.57 Å². The maximum absolute atomic E-state index is 12.8. The van der Waals surface area contributed by atoms with Crippen LogP contribution in [0.15, 0.2) is 56.9 Å². The van der Waals surface area contributed by atoms with Crippen LogP contribution in [0.25, 0.3) is 16.6 Å². The van der Waals surface area contributed by atoms with Gasteiger partial charge >= 0.3 is 5.69 Å². The fraction of sp³-hybridized carbons (Fsp3) is 0.222. The summed E-state index contributed by atoms with van der Waals surface area (Å²) in [5.74, 6) is 0. The van der Waals surface area contributed by atoms with Gasteiger partial charge in [-0.15, -0.1) is 0 Å². The molecule has 0 fully saturated rings. The molecule has 0 aliphatic rings. The first-order valence-corrected chi connectivity index (χ1v) is 10.2. The molecule has 0 amide bonds. The van der Waals surface area contributed by atoms with Gasteiger partial charge in [-0.2, -0.15) is 4.31 Å². The number of H-pyrrole nitrogens is 1. The number of fused-ring (bicyclic) bond motifs is 1. The first kappa shape index (κ1) is 19.3. The minimum Gasteiger partial charge on any atom is -0.306 e. The molecule has 0 radical (unpaired) electrons. The van der Waals surface area contributed by atoms with Gasteiger partial charge in [-0.1, -0.05) is 37.6 Å². The molecule has 1 heterocycles. The number of nitrogens with one attached hydrogen (secondary N) is 1. The van der Waals surface area contributed by atoms with Gasteiger partial charge in [-0.05, 0) is 30.3 Å². The minimum atomic E-state index is -3.77. The molecule has 9 heteroatoms. The number of hydrogen-bond donors (Lipinski definition) is 1. The number of rotatable bonds is 5. The minimum absolute atomic E-state index is 0.0156. The molecule has 0 atom stereocenters. The number of halogens is 1. The molecule has 0 spiro atoms. The van der Waals surface area contributed by atoms with Crippen molar-refractivity contribution in [2.45, 2.75) is 18.7 Å². The van der Waals surface area contributed by atoms with Gasteiger partial charge in [-0.25, -0.2) is 17.8 Å². The van der Waals surface area contributed by atoms with Crippen molar-refractivity contribution in [3.05, 3.63) is 68.3 Å². The molecule has 0 aliphatic carbocycles. The second-order valence-corrected chi connectivity index (χ2v) is 8.16. The van der Waals surface area contributed by atoms with Gasteiger partial charge in [0.1, 0.15) is 0 Å². The van der Waals surface area contributed by atoms with E-state index < -0.39 is 21.3 Å². The van der Waals surface area contributed by atoms with Crippen molar-refractivity contribution in [2.24, 2.45) is 0 Å². The van der Waals surface area contributed by atoms with Gasteiger partial charge in [0.05, 0.1) is 26.5 Å². The number of benzene rings is 2. The van der Waals surface area contributed by atoms with Crippen LogP contribution in [0, 0.1) is 0 Å². The topological polar surface area (TPSA) is 92.2 Å². The highest BCUT2D eigenvalue weighted by Gasteiger charge is 2.23. The molecule has 1 aromatic heterocycles. The quantitative estimate of drug-likeness (QED) is 0.702. The number of sulfonamides is 1. The van der Waals surface area contributed by atoms with Crippen molar-refractivity contribution in [3.63, 3.8) is 0 Å². The molecule has 0 bridgehead atoms. The van der Waals surface area contributed by atoms with Crippen molar-refractivity contribution in [1.29, 1.82) is 0 Å². The Bertz CT molecular complexity index is 1230. The van der Waals surface area contributed by atoms with Crippen LogP contribution in [-0.4, -0.2) is 35.4 Å². The predicted octanol–water partition coefficient (Wildman–Crippen LogP) is 2.36. The predicted molar refractivity (Wildman–Crippen MR) is 105 cm³/mol. The van der Waals surface area contributed by atoms with E-state index in [1.807, 2.05) is 0 Å². The van der Waals surface area contributed by atoms with Crippen LogP contribution in [0.1, 0.15) is 13.8 Å². The summed E-state index contributed by atoms with van der Waals surface area (Å²) in [5.41, 5.74) is -0.861. The zero-order valence-corrected chi connectivity index (χ0v) is 16.3. The van der Waals surface area contributed by atoms with Gasteiger partial charge < -0.3 is 4.98 Å². The molecule has 0 saturated carbocycles. The van der Waals surface area contributed by atoms with Crippen LogP contribution in [0.4, 0.5) is 0 Å². The van der Waals surface area contributed by atoms with Crippen LogP contribution in [0.5, 0.6) is 0 Å². The summed E-state index contributed by atoms with van der Waals surface area (Å²) in [6.07, 6.45) is 0. The standard InChI is InChI=1S/C18H18ClN3O4S/c1-3-21(4-2)27(25,26)12-9-10-14(19)16(11-12)22-17(23)13-7-5-6-8-15(13)20-18(22)24/h5-11H,3-4H2,1-2H3,(H,20,24). The summed E-state index contributed by atoms with van der Waals surface area (Å²) >= 11 is 6.20. The molecule has 3 aromatic rings. The molecule has 0 aliphatic heterocycles. The van der Waals surface area contributed by atoms with Crippen LogP contribution in [0.3, 0.4) is 0 Å². The monoisotopic (exact) mass is 407 g/mol. The number of nitrogens with zero attached hydrogens (tertiary/aromatic N) is 2. The average Bonchev–Trinajstić information content (AvgIpc) is 2.63. The molecule has 2 aromatic carbocycles. The normalized spacial score (nSPS) is 12.0. The van der Waals surface area contributed by atoms with Crippen LogP contribution in [-0.2, 0) is 10.0 Å². The first-order chi connectivity index (χ1) is 12.8. The smallest absolute Gasteiger partial charge is 0.306 e. The van der Waals surface area contributed by atoms with Crippen molar-refractivity contribution >= 4 is 32.5 Å². The average molecular weight is 408 g/mol.